The average Bonchev–Trinajstić information content (AvgIpc) is 2.61. The van der Waals surface area contributed by atoms with Crippen LogP contribution in [0.15, 0.2) is 0 Å². The molecule has 0 aliphatic heterocycles. The number of ether oxygens (including phenoxy) is 1. The maximum Gasteiger partial charge on any atom is 0.438 e. The zero-order valence-electron chi connectivity index (χ0n) is 17.3. The van der Waals surface area contributed by atoms with Crippen LogP contribution in [0.3, 0.4) is 0 Å². The number of benzene rings is 1. The number of anilines is 2. The lowest BCUT2D eigenvalue weighted by Gasteiger charge is -2.37. The van der Waals surface area contributed by atoms with Gasteiger partial charge in [0, 0.05) is 20.9 Å². The van der Waals surface area contributed by atoms with E-state index >= 15 is 0 Å². The van der Waals surface area contributed by atoms with Gasteiger partial charge in [0.05, 0.1) is 43.5 Å². The van der Waals surface area contributed by atoms with Gasteiger partial charge in [-0.25, -0.2) is 13.2 Å². The second-order valence-corrected chi connectivity index (χ2v) is 11.4. The van der Waals surface area contributed by atoms with Crippen molar-refractivity contribution in [3.8, 4) is 0 Å². The smallest absolute Gasteiger partial charge is 0.438 e. The van der Waals surface area contributed by atoms with Gasteiger partial charge in [-0.05, 0) is 67.8 Å². The molecule has 0 atom stereocenters. The first-order valence-corrected chi connectivity index (χ1v) is 13.3. The van der Waals surface area contributed by atoms with Crippen LogP contribution >= 0.6 is 67.8 Å². The van der Waals surface area contributed by atoms with Crippen molar-refractivity contribution in [3.05, 3.63) is 16.3 Å². The summed E-state index contributed by atoms with van der Waals surface area (Å²) in [6.45, 7) is 2.09. The molecular weight excluding hydrogens is 859 g/mol. The van der Waals surface area contributed by atoms with Crippen molar-refractivity contribution in [3.63, 3.8) is 0 Å². The monoisotopic (exact) mass is 871 g/mol. The Balaban J connectivity index is 4.03. The van der Waals surface area contributed by atoms with E-state index in [0.29, 0.717) is 0 Å². The lowest BCUT2D eigenvalue weighted by Crippen LogP contribution is -2.63. The first-order valence-electron chi connectivity index (χ1n) is 8.51. The molecule has 0 unspecified atom stereocenters. The number of alkyl halides is 6. The highest BCUT2D eigenvalue weighted by Gasteiger charge is 2.75. The van der Waals surface area contributed by atoms with Crippen LogP contribution in [-0.4, -0.2) is 61.5 Å². The van der Waals surface area contributed by atoms with Crippen LogP contribution in [0.1, 0.15) is 24.2 Å². The van der Waals surface area contributed by atoms with Gasteiger partial charge in [0.25, 0.3) is 0 Å². The molecule has 19 heteroatoms. The molecule has 0 saturated heterocycles. The van der Waals surface area contributed by atoms with Gasteiger partial charge in [-0.1, -0.05) is 0 Å². The number of esters is 1. The van der Waals surface area contributed by atoms with Crippen LogP contribution in [0.5, 0.6) is 0 Å². The molecule has 2 amide bonds. The third-order valence-electron chi connectivity index (χ3n) is 4.17. The highest BCUT2D eigenvalue weighted by molar-refractivity contribution is 14.1. The molecule has 0 aliphatic rings. The third kappa shape index (κ3) is 7.00. The molecule has 0 fully saturated rings. The molecule has 35 heavy (non-hydrogen) atoms. The van der Waals surface area contributed by atoms with E-state index in [1.54, 1.807) is 22.6 Å². The van der Waals surface area contributed by atoms with Crippen LogP contribution in [0.25, 0.3) is 0 Å². The van der Waals surface area contributed by atoms with Crippen LogP contribution in [0.4, 0.5) is 37.7 Å². The number of nitrogens with zero attached hydrogens (tertiary/aromatic N) is 1. The second-order valence-electron chi connectivity index (χ2n) is 6.71. The fourth-order valence-corrected chi connectivity index (χ4v) is 7.98. The predicted molar refractivity (Wildman–Crippen MR) is 133 cm³/mol. The summed E-state index contributed by atoms with van der Waals surface area (Å²) < 4.78 is 118. The molecule has 0 radical (unpaired) electrons. The third-order valence-corrected chi connectivity index (χ3v) is 8.11. The minimum Gasteiger partial charge on any atom is -0.748 e. The minimum atomic E-state index is -6.57. The zero-order valence-corrected chi connectivity index (χ0v) is 24.6. The Hall–Kier alpha value is -0.690. The van der Waals surface area contributed by atoms with Crippen molar-refractivity contribution >= 4 is 107 Å². The molecule has 0 spiro atoms. The van der Waals surface area contributed by atoms with Crippen LogP contribution in [0.2, 0.25) is 0 Å². The van der Waals surface area contributed by atoms with Crippen molar-refractivity contribution in [2.45, 2.75) is 31.8 Å². The molecule has 0 aromatic heterocycles. The second kappa shape index (κ2) is 11.0. The summed E-state index contributed by atoms with van der Waals surface area (Å²) in [5.41, 5.74) is -7.06. The van der Waals surface area contributed by atoms with E-state index in [4.69, 9.17) is 0 Å². The van der Waals surface area contributed by atoms with Gasteiger partial charge in [0.2, 0.25) is 11.8 Å². The summed E-state index contributed by atoms with van der Waals surface area (Å²) in [7, 11) is -5.06. The Morgan fingerprint density at radius 2 is 1.43 bits per heavy atom. The lowest BCUT2D eigenvalue weighted by molar-refractivity contribution is -0.356. The van der Waals surface area contributed by atoms with Gasteiger partial charge in [0.1, 0.15) is 0 Å². The SMILES string of the molecule is CC(=O)Nc1c(I)c(C(=O)OC(CS(=O)(=O)[O-])(C(F)(F)F)C(F)(F)F)c(I)c(N(C)C(C)=O)c1I. The molecule has 0 bridgehead atoms. The quantitative estimate of drug-likeness (QED) is 0.198. The van der Waals surface area contributed by atoms with Gasteiger partial charge in [-0.15, -0.1) is 0 Å². The summed E-state index contributed by atoms with van der Waals surface area (Å²) in [4.78, 5) is 37.3. The van der Waals surface area contributed by atoms with Crippen molar-refractivity contribution < 1.29 is 58.4 Å². The van der Waals surface area contributed by atoms with E-state index in [-0.39, 0.29) is 22.1 Å². The molecule has 1 N–H and O–H groups in total. The van der Waals surface area contributed by atoms with E-state index < -0.39 is 57.2 Å². The van der Waals surface area contributed by atoms with Gasteiger partial charge < -0.3 is 19.5 Å². The first-order chi connectivity index (χ1) is 15.5. The van der Waals surface area contributed by atoms with Crippen LogP contribution in [0, 0.1) is 10.7 Å². The van der Waals surface area contributed by atoms with Gasteiger partial charge >= 0.3 is 23.9 Å². The summed E-state index contributed by atoms with van der Waals surface area (Å²) in [5, 5.41) is 2.27. The fraction of sp³-hybridized carbons (Fsp3) is 0.438. The summed E-state index contributed by atoms with van der Waals surface area (Å²) in [6.07, 6.45) is -13.1. The molecular formula is C16H12F6I3N2O7S-. The maximum absolute atomic E-state index is 13.6. The van der Waals surface area contributed by atoms with Crippen LogP contribution in [-0.2, 0) is 24.4 Å². The fourth-order valence-electron chi connectivity index (χ4n) is 2.50. The summed E-state index contributed by atoms with van der Waals surface area (Å²) >= 11 is 4.35. The first kappa shape index (κ1) is 32.3. The van der Waals surface area contributed by atoms with Crippen molar-refractivity contribution in [1.82, 2.24) is 0 Å². The Kier molecular flexibility index (Phi) is 10.1. The van der Waals surface area contributed by atoms with E-state index in [2.05, 4.69) is 10.1 Å². The van der Waals surface area contributed by atoms with E-state index in [1.165, 1.54) is 52.2 Å². The topological polar surface area (TPSA) is 133 Å². The molecule has 9 nitrogen and oxygen atoms in total. The Morgan fingerprint density at radius 3 is 1.77 bits per heavy atom. The molecule has 198 valence electrons. The van der Waals surface area contributed by atoms with Crippen LogP contribution < -0.4 is 10.2 Å². The van der Waals surface area contributed by atoms with Crippen molar-refractivity contribution in [1.29, 1.82) is 0 Å². The van der Waals surface area contributed by atoms with Gasteiger partial charge in [-0.3, -0.25) is 9.59 Å². The summed E-state index contributed by atoms with van der Waals surface area (Å²) in [5.74, 6) is -6.88. The molecule has 0 heterocycles. The minimum absolute atomic E-state index is 0.0980. The Morgan fingerprint density at radius 1 is 0.971 bits per heavy atom. The number of carbonyl (C=O) groups excluding carboxylic acids is 3. The molecule has 1 aromatic carbocycles. The average molecular weight is 871 g/mol. The van der Waals surface area contributed by atoms with E-state index in [9.17, 15) is 53.7 Å². The standard InChI is InChI=1S/C16H13F6I3N2O7S/c1-5(28)26-11-8(23)7(9(24)12(10(11)25)27(3)6(2)29)13(30)34-14(15(17,18)19,16(20,21)22)4-35(31,32)33/h4H2,1-3H3,(H,26,28)(H,31,32,33)/p-1. The van der Waals surface area contributed by atoms with Crippen molar-refractivity contribution in [2.75, 3.05) is 23.0 Å². The normalized spacial score (nSPS) is 12.8. The Bertz CT molecular complexity index is 1160. The van der Waals surface area contributed by atoms with Crippen molar-refractivity contribution in [2.24, 2.45) is 0 Å². The number of carbonyl (C=O) groups is 3. The summed E-state index contributed by atoms with van der Waals surface area (Å²) in [6, 6.07) is 0. The molecule has 0 saturated carbocycles. The highest BCUT2D eigenvalue weighted by Crippen LogP contribution is 2.48. The highest BCUT2D eigenvalue weighted by atomic mass is 127. The zero-order chi connectivity index (χ0) is 27.9. The predicted octanol–water partition coefficient (Wildman–Crippen LogP) is 4.01. The number of nitrogens with one attached hydrogen (secondary N) is 1. The number of halogens is 9. The molecule has 0 aliphatic carbocycles. The molecule has 1 aromatic rings. The van der Waals surface area contributed by atoms with Gasteiger partial charge in [-0.2, -0.15) is 26.3 Å². The Labute approximate surface area is 234 Å². The van der Waals surface area contributed by atoms with E-state index in [1.807, 2.05) is 0 Å². The molecule has 1 rings (SSSR count). The van der Waals surface area contributed by atoms with Gasteiger partial charge in [0.15, 0.2) is 0 Å². The maximum atomic E-state index is 13.6. The lowest BCUT2D eigenvalue weighted by atomic mass is 10.0. The number of rotatable bonds is 6. The van der Waals surface area contributed by atoms with E-state index in [0.717, 1.165) is 18.7 Å². The number of amides is 2. The number of hydrogen-bond donors (Lipinski definition) is 1. The largest absolute Gasteiger partial charge is 0.748 e. The number of hydrogen-bond acceptors (Lipinski definition) is 7.